The van der Waals surface area contributed by atoms with Crippen molar-refractivity contribution in [3.63, 3.8) is 0 Å². The molecule has 0 aliphatic rings. The average molecular weight is 267 g/mol. The van der Waals surface area contributed by atoms with Crippen LogP contribution in [-0.2, 0) is 0 Å². The molecule has 0 aromatic heterocycles. The third-order valence-corrected chi connectivity index (χ3v) is 2.96. The molecule has 19 heavy (non-hydrogen) atoms. The molecule has 1 aromatic carbocycles. The predicted octanol–water partition coefficient (Wildman–Crippen LogP) is 1.42. The van der Waals surface area contributed by atoms with Gasteiger partial charge in [0, 0.05) is 19.7 Å². The molecule has 1 unspecified atom stereocenters. The van der Waals surface area contributed by atoms with Gasteiger partial charge in [0.15, 0.2) is 0 Å². The minimum Gasteiger partial charge on any atom is -0.491 e. The molecule has 4 nitrogen and oxygen atoms in total. The Morgan fingerprint density at radius 3 is 2.58 bits per heavy atom. The van der Waals surface area contributed by atoms with Gasteiger partial charge in [-0.1, -0.05) is 32.0 Å². The van der Waals surface area contributed by atoms with Gasteiger partial charge >= 0.3 is 0 Å². The van der Waals surface area contributed by atoms with E-state index in [0.29, 0.717) is 6.54 Å². The Hall–Kier alpha value is -1.10. The van der Waals surface area contributed by atoms with Crippen LogP contribution in [0.5, 0.6) is 5.75 Å². The first-order chi connectivity index (χ1) is 9.03. The second-order valence-electron chi connectivity index (χ2n) is 5.55. The fraction of sp³-hybridized carbons (Fsp3) is 0.600. The van der Waals surface area contributed by atoms with Crippen LogP contribution < -0.4 is 10.1 Å². The van der Waals surface area contributed by atoms with E-state index in [1.807, 2.05) is 30.3 Å². The number of hydrogen-bond donors (Lipinski definition) is 3. The second kappa shape index (κ2) is 8.15. The molecule has 0 fully saturated rings. The van der Waals surface area contributed by atoms with Crippen molar-refractivity contribution in [2.24, 2.45) is 5.41 Å². The molecule has 3 N–H and O–H groups in total. The molecule has 1 aromatic rings. The van der Waals surface area contributed by atoms with Crippen molar-refractivity contribution in [2.75, 3.05) is 26.3 Å². The third-order valence-electron chi connectivity index (χ3n) is 2.96. The lowest BCUT2D eigenvalue weighted by atomic mass is 9.90. The number of aliphatic hydroxyl groups excluding tert-OH is 2. The van der Waals surface area contributed by atoms with E-state index >= 15 is 0 Å². The summed E-state index contributed by atoms with van der Waals surface area (Å²) in [6, 6.07) is 9.46. The Morgan fingerprint density at radius 2 is 1.95 bits per heavy atom. The van der Waals surface area contributed by atoms with Gasteiger partial charge in [0.25, 0.3) is 0 Å². The van der Waals surface area contributed by atoms with Crippen molar-refractivity contribution in [3.05, 3.63) is 30.3 Å². The molecule has 0 aliphatic carbocycles. The van der Waals surface area contributed by atoms with Crippen molar-refractivity contribution in [1.29, 1.82) is 0 Å². The number of hydrogen-bond acceptors (Lipinski definition) is 4. The lowest BCUT2D eigenvalue weighted by molar-refractivity contribution is 0.102. The van der Waals surface area contributed by atoms with Crippen molar-refractivity contribution in [1.82, 2.24) is 5.32 Å². The van der Waals surface area contributed by atoms with Crippen LogP contribution in [-0.4, -0.2) is 42.6 Å². The monoisotopic (exact) mass is 267 g/mol. The summed E-state index contributed by atoms with van der Waals surface area (Å²) in [5.74, 6) is 0.766. The Kier molecular flexibility index (Phi) is 6.84. The van der Waals surface area contributed by atoms with Gasteiger partial charge < -0.3 is 20.3 Å². The summed E-state index contributed by atoms with van der Waals surface area (Å²) >= 11 is 0. The number of para-hydroxylation sites is 1. The van der Waals surface area contributed by atoms with Gasteiger partial charge in [-0.15, -0.1) is 0 Å². The van der Waals surface area contributed by atoms with E-state index in [1.54, 1.807) is 0 Å². The summed E-state index contributed by atoms with van der Waals surface area (Å²) in [5, 5.41) is 21.9. The van der Waals surface area contributed by atoms with Crippen LogP contribution in [0.15, 0.2) is 30.3 Å². The van der Waals surface area contributed by atoms with Gasteiger partial charge in [-0.25, -0.2) is 0 Å². The maximum absolute atomic E-state index is 9.80. The van der Waals surface area contributed by atoms with E-state index in [0.717, 1.165) is 18.7 Å². The van der Waals surface area contributed by atoms with Crippen LogP contribution in [0.3, 0.4) is 0 Å². The average Bonchev–Trinajstić information content (AvgIpc) is 2.37. The van der Waals surface area contributed by atoms with Crippen molar-refractivity contribution in [2.45, 2.75) is 26.4 Å². The summed E-state index contributed by atoms with van der Waals surface area (Å²) in [4.78, 5) is 0. The Balaban J connectivity index is 2.16. The first kappa shape index (κ1) is 16.0. The molecule has 0 heterocycles. The van der Waals surface area contributed by atoms with E-state index in [9.17, 15) is 5.11 Å². The first-order valence-corrected chi connectivity index (χ1v) is 6.71. The number of benzene rings is 1. The smallest absolute Gasteiger partial charge is 0.119 e. The largest absolute Gasteiger partial charge is 0.491 e. The lowest BCUT2D eigenvalue weighted by Gasteiger charge is -2.24. The van der Waals surface area contributed by atoms with E-state index in [1.165, 1.54) is 0 Å². The third kappa shape index (κ3) is 7.15. The molecule has 0 bridgehead atoms. The Labute approximate surface area is 115 Å². The van der Waals surface area contributed by atoms with Gasteiger partial charge in [0.1, 0.15) is 18.5 Å². The van der Waals surface area contributed by atoms with E-state index < -0.39 is 6.10 Å². The highest BCUT2D eigenvalue weighted by Gasteiger charge is 2.17. The maximum atomic E-state index is 9.80. The van der Waals surface area contributed by atoms with E-state index in [2.05, 4.69) is 19.2 Å². The van der Waals surface area contributed by atoms with Gasteiger partial charge in [-0.05, 0) is 24.0 Å². The standard InChI is InChI=1S/C15H25NO3/c1-15(2,8-9-17)12-16-10-13(18)11-19-14-6-4-3-5-7-14/h3-7,13,16-18H,8-12H2,1-2H3. The molecular weight excluding hydrogens is 242 g/mol. The maximum Gasteiger partial charge on any atom is 0.119 e. The van der Waals surface area contributed by atoms with Gasteiger partial charge in [0.05, 0.1) is 0 Å². The normalized spacial score (nSPS) is 13.3. The fourth-order valence-electron chi connectivity index (χ4n) is 1.74. The zero-order chi connectivity index (χ0) is 14.1. The molecule has 1 atom stereocenters. The highest BCUT2D eigenvalue weighted by molar-refractivity contribution is 5.20. The first-order valence-electron chi connectivity index (χ1n) is 6.71. The van der Waals surface area contributed by atoms with Crippen LogP contribution in [0, 0.1) is 5.41 Å². The summed E-state index contributed by atoms with van der Waals surface area (Å²) in [6.45, 7) is 5.88. The second-order valence-corrected chi connectivity index (χ2v) is 5.55. The molecule has 0 saturated heterocycles. The zero-order valence-corrected chi connectivity index (χ0v) is 11.8. The van der Waals surface area contributed by atoms with Crippen LogP contribution in [0.2, 0.25) is 0 Å². The highest BCUT2D eigenvalue weighted by Crippen LogP contribution is 2.17. The molecule has 108 valence electrons. The molecule has 0 aliphatic heterocycles. The van der Waals surface area contributed by atoms with Crippen LogP contribution >= 0.6 is 0 Å². The Bertz CT molecular complexity index is 341. The minimum atomic E-state index is -0.537. The summed E-state index contributed by atoms with van der Waals surface area (Å²) < 4.78 is 5.47. The molecule has 0 spiro atoms. The molecule has 1 rings (SSSR count). The number of nitrogens with one attached hydrogen (secondary N) is 1. The minimum absolute atomic E-state index is 0.0365. The quantitative estimate of drug-likeness (QED) is 0.633. The van der Waals surface area contributed by atoms with Gasteiger partial charge in [-0.2, -0.15) is 0 Å². The summed E-state index contributed by atoms with van der Waals surface area (Å²) in [7, 11) is 0. The van der Waals surface area contributed by atoms with Crippen molar-refractivity contribution >= 4 is 0 Å². The predicted molar refractivity (Wildman–Crippen MR) is 76.3 cm³/mol. The molecule has 4 heteroatoms. The SMILES string of the molecule is CC(C)(CCO)CNCC(O)COc1ccccc1. The molecule has 0 amide bonds. The van der Waals surface area contributed by atoms with Crippen LogP contribution in [0.1, 0.15) is 20.3 Å². The molecule has 0 radical (unpaired) electrons. The van der Waals surface area contributed by atoms with E-state index in [-0.39, 0.29) is 18.6 Å². The molecular formula is C15H25NO3. The van der Waals surface area contributed by atoms with Gasteiger partial charge in [-0.3, -0.25) is 0 Å². The van der Waals surface area contributed by atoms with Crippen LogP contribution in [0.4, 0.5) is 0 Å². The zero-order valence-electron chi connectivity index (χ0n) is 11.8. The topological polar surface area (TPSA) is 61.7 Å². The lowest BCUT2D eigenvalue weighted by Crippen LogP contribution is -2.37. The molecule has 0 saturated carbocycles. The number of aliphatic hydroxyl groups is 2. The van der Waals surface area contributed by atoms with E-state index in [4.69, 9.17) is 9.84 Å². The number of ether oxygens (including phenoxy) is 1. The summed E-state index contributed by atoms with van der Waals surface area (Å²) in [6.07, 6.45) is 0.210. The van der Waals surface area contributed by atoms with Gasteiger partial charge in [0.2, 0.25) is 0 Å². The highest BCUT2D eigenvalue weighted by atomic mass is 16.5. The Morgan fingerprint density at radius 1 is 1.26 bits per heavy atom. The van der Waals surface area contributed by atoms with Crippen LogP contribution in [0.25, 0.3) is 0 Å². The summed E-state index contributed by atoms with van der Waals surface area (Å²) in [5.41, 5.74) is 0.0365. The number of rotatable bonds is 9. The van der Waals surface area contributed by atoms with Crippen molar-refractivity contribution in [3.8, 4) is 5.75 Å². The fourth-order valence-corrected chi connectivity index (χ4v) is 1.74. The van der Waals surface area contributed by atoms with Crippen molar-refractivity contribution < 1.29 is 14.9 Å².